The standard InChI is InChI=1S/C16H16N3O8P.Na/c17-7-9-2-1-3-10(4-9)11-5-14(21)18-16(22)19(11)15-6-12(20)13(27-15)8-26-28(23,24)25;/h1-5,12-13,15,20H,6,8H2,(H,18,21,22)(H2,23,24,25);/q;+1/p-1/t12-,13+,15+;/m0./s1. The molecule has 13 heteroatoms. The van der Waals surface area contributed by atoms with Crippen molar-refractivity contribution in [2.24, 2.45) is 0 Å². The number of ether oxygens (including phenoxy) is 1. The maximum atomic E-state index is 12.4. The van der Waals surface area contributed by atoms with Crippen molar-refractivity contribution in [1.29, 1.82) is 5.26 Å². The van der Waals surface area contributed by atoms with E-state index in [1.54, 1.807) is 18.2 Å². The summed E-state index contributed by atoms with van der Waals surface area (Å²) in [6.45, 7) is -0.647. The van der Waals surface area contributed by atoms with E-state index in [1.165, 1.54) is 6.07 Å². The Morgan fingerprint density at radius 1 is 1.41 bits per heavy atom. The first kappa shape index (κ1) is 23.7. The maximum absolute atomic E-state index is 12.4. The van der Waals surface area contributed by atoms with Gasteiger partial charge < -0.3 is 24.2 Å². The third-order valence-corrected chi connectivity index (χ3v) is 4.63. The molecule has 1 aromatic heterocycles. The molecule has 29 heavy (non-hydrogen) atoms. The molecule has 0 bridgehead atoms. The van der Waals surface area contributed by atoms with Gasteiger partial charge in [0.1, 0.15) is 12.3 Å². The molecule has 1 aliphatic heterocycles. The van der Waals surface area contributed by atoms with Crippen LogP contribution >= 0.6 is 7.82 Å². The molecular weight excluding hydrogens is 416 g/mol. The van der Waals surface area contributed by atoms with Gasteiger partial charge in [-0.05, 0) is 17.7 Å². The van der Waals surface area contributed by atoms with E-state index in [4.69, 9.17) is 14.9 Å². The largest absolute Gasteiger partial charge is 1.00 e. The Labute approximate surface area is 186 Å². The summed E-state index contributed by atoms with van der Waals surface area (Å²) in [6, 6.07) is 9.32. The van der Waals surface area contributed by atoms with Gasteiger partial charge in [0.05, 0.1) is 30.0 Å². The number of hydrogen-bond donors (Lipinski definition) is 3. The minimum absolute atomic E-state index is 0. The molecule has 3 N–H and O–H groups in total. The third-order valence-electron chi connectivity index (χ3n) is 4.16. The van der Waals surface area contributed by atoms with Crippen LogP contribution in [0.4, 0.5) is 0 Å². The second-order valence-electron chi connectivity index (χ2n) is 6.08. The van der Waals surface area contributed by atoms with Gasteiger partial charge in [0.25, 0.3) is 13.4 Å². The molecule has 0 aliphatic carbocycles. The van der Waals surface area contributed by atoms with Gasteiger partial charge in [-0.3, -0.25) is 18.9 Å². The summed E-state index contributed by atoms with van der Waals surface area (Å²) in [6.07, 6.45) is -3.46. The number of rotatable bonds is 5. The molecule has 0 radical (unpaired) electrons. The van der Waals surface area contributed by atoms with Crippen LogP contribution < -0.4 is 45.7 Å². The van der Waals surface area contributed by atoms with Gasteiger partial charge in [-0.25, -0.2) is 4.79 Å². The molecule has 3 rings (SSSR count). The normalized spacial score (nSPS) is 23.0. The summed E-state index contributed by atoms with van der Waals surface area (Å²) in [5.41, 5.74) is -0.602. The summed E-state index contributed by atoms with van der Waals surface area (Å²) in [7, 11) is -5.01. The average molecular weight is 431 g/mol. The zero-order valence-corrected chi connectivity index (χ0v) is 18.1. The summed E-state index contributed by atoms with van der Waals surface area (Å²) >= 11 is 0. The SMILES string of the molecule is N#Cc1cccc(-c2cc(=O)[nH]c(=O)n2[C@H]2C[C@H](O)[C@@H](COP(=O)([O-])O)O2)c1.[Na+]. The van der Waals surface area contributed by atoms with Gasteiger partial charge in [-0.1, -0.05) is 12.1 Å². The number of aromatic nitrogens is 2. The number of nitriles is 1. The second-order valence-corrected chi connectivity index (χ2v) is 7.28. The fourth-order valence-electron chi connectivity index (χ4n) is 2.95. The van der Waals surface area contributed by atoms with Gasteiger partial charge in [-0.2, -0.15) is 5.26 Å². The van der Waals surface area contributed by atoms with Crippen molar-refractivity contribution in [3.63, 3.8) is 0 Å². The van der Waals surface area contributed by atoms with Crippen LogP contribution in [0.2, 0.25) is 0 Å². The Balaban J connectivity index is 0.00000300. The van der Waals surface area contributed by atoms with E-state index >= 15 is 0 Å². The molecule has 11 nitrogen and oxygen atoms in total. The van der Waals surface area contributed by atoms with Crippen molar-refractivity contribution >= 4 is 7.82 Å². The molecule has 1 fully saturated rings. The molecular formula is C16H15N3NaO8P. The molecule has 2 aromatic rings. The molecule has 0 spiro atoms. The van der Waals surface area contributed by atoms with Gasteiger partial charge in [0.2, 0.25) is 0 Å². The number of H-pyrrole nitrogens is 1. The van der Waals surface area contributed by atoms with Crippen LogP contribution in [0.15, 0.2) is 39.9 Å². The van der Waals surface area contributed by atoms with Crippen molar-refractivity contribution in [2.75, 3.05) is 6.61 Å². The predicted molar refractivity (Wildman–Crippen MR) is 91.8 cm³/mol. The van der Waals surface area contributed by atoms with Gasteiger partial charge in [-0.15, -0.1) is 0 Å². The zero-order valence-electron chi connectivity index (χ0n) is 15.2. The Hall–Kier alpha value is -1.58. The Morgan fingerprint density at radius 2 is 2.14 bits per heavy atom. The summed E-state index contributed by atoms with van der Waals surface area (Å²) in [4.78, 5) is 45.8. The topological polar surface area (TPSA) is 178 Å². The minimum atomic E-state index is -5.01. The Bertz CT molecular complexity index is 1090. The van der Waals surface area contributed by atoms with E-state index in [0.717, 1.165) is 10.6 Å². The number of nitrogens with one attached hydrogen (secondary N) is 1. The summed E-state index contributed by atoms with van der Waals surface area (Å²) in [5, 5.41) is 19.2. The van der Waals surface area contributed by atoms with Gasteiger partial charge in [0, 0.05) is 12.5 Å². The van der Waals surface area contributed by atoms with Crippen LogP contribution in [0.3, 0.4) is 0 Å². The third kappa shape index (κ3) is 5.73. The molecule has 2 heterocycles. The molecule has 1 unspecified atom stereocenters. The number of aromatic amines is 1. The first-order valence-electron chi connectivity index (χ1n) is 8.06. The van der Waals surface area contributed by atoms with E-state index in [9.17, 15) is 24.2 Å². The number of benzene rings is 1. The van der Waals surface area contributed by atoms with Crippen LogP contribution in [-0.2, 0) is 13.8 Å². The van der Waals surface area contributed by atoms with Crippen LogP contribution in [0.25, 0.3) is 11.3 Å². The van der Waals surface area contributed by atoms with Crippen molar-refractivity contribution in [3.05, 3.63) is 56.7 Å². The Kier molecular flexibility index (Phi) is 7.75. The maximum Gasteiger partial charge on any atom is 1.00 e. The smallest absolute Gasteiger partial charge is 0.756 e. The summed E-state index contributed by atoms with van der Waals surface area (Å²) < 4.78 is 21.6. The fourth-order valence-corrected chi connectivity index (χ4v) is 3.29. The zero-order chi connectivity index (χ0) is 20.5. The van der Waals surface area contributed by atoms with Crippen LogP contribution in [0.1, 0.15) is 18.2 Å². The monoisotopic (exact) mass is 431 g/mol. The minimum Gasteiger partial charge on any atom is -0.756 e. The molecule has 1 saturated heterocycles. The molecule has 0 saturated carbocycles. The first-order valence-corrected chi connectivity index (χ1v) is 9.56. The van der Waals surface area contributed by atoms with Crippen molar-refractivity contribution < 1.29 is 58.3 Å². The van der Waals surface area contributed by atoms with E-state index in [0.29, 0.717) is 11.1 Å². The van der Waals surface area contributed by atoms with Crippen LogP contribution in [-0.4, -0.2) is 38.4 Å². The number of phosphoric acid groups is 1. The van der Waals surface area contributed by atoms with E-state index in [1.807, 2.05) is 6.07 Å². The average Bonchev–Trinajstić information content (AvgIpc) is 2.99. The quantitative estimate of drug-likeness (QED) is 0.316. The van der Waals surface area contributed by atoms with Crippen LogP contribution in [0, 0.1) is 11.3 Å². The number of hydrogen-bond acceptors (Lipinski definition) is 8. The predicted octanol–water partition coefficient (Wildman–Crippen LogP) is -3.80. The molecule has 1 aliphatic rings. The molecule has 0 amide bonds. The van der Waals surface area contributed by atoms with E-state index < -0.39 is 44.1 Å². The Morgan fingerprint density at radius 3 is 2.79 bits per heavy atom. The molecule has 148 valence electrons. The second kappa shape index (κ2) is 9.49. The summed E-state index contributed by atoms with van der Waals surface area (Å²) in [5.74, 6) is 0. The van der Waals surface area contributed by atoms with Crippen molar-refractivity contribution in [3.8, 4) is 17.3 Å². The van der Waals surface area contributed by atoms with Gasteiger partial charge >= 0.3 is 35.2 Å². The van der Waals surface area contributed by atoms with Crippen molar-refractivity contribution in [2.45, 2.75) is 24.9 Å². The fraction of sp³-hybridized carbons (Fsp3) is 0.312. The first-order chi connectivity index (χ1) is 13.2. The number of nitrogens with zero attached hydrogens (tertiary/aromatic N) is 2. The molecule has 1 aromatic carbocycles. The van der Waals surface area contributed by atoms with Crippen molar-refractivity contribution in [1.82, 2.24) is 9.55 Å². The van der Waals surface area contributed by atoms with E-state index in [2.05, 4.69) is 9.51 Å². The number of aliphatic hydroxyl groups excluding tert-OH is 1. The van der Waals surface area contributed by atoms with E-state index in [-0.39, 0.29) is 41.7 Å². The number of phosphoric ester groups is 1. The van der Waals surface area contributed by atoms with Crippen LogP contribution in [0.5, 0.6) is 0 Å². The van der Waals surface area contributed by atoms with Gasteiger partial charge in [0.15, 0.2) is 0 Å². The number of aliphatic hydroxyl groups is 1. The molecule has 4 atom stereocenters.